The molecule has 1 heterocycles. The van der Waals surface area contributed by atoms with Crippen LogP contribution in [0, 0.1) is 5.92 Å². The van der Waals surface area contributed by atoms with Gasteiger partial charge < -0.3 is 4.90 Å². The molecule has 0 spiro atoms. The second-order valence-electron chi connectivity index (χ2n) is 3.73. The van der Waals surface area contributed by atoms with Crippen molar-refractivity contribution in [3.05, 3.63) is 0 Å². The first-order chi connectivity index (χ1) is 6.79. The Labute approximate surface area is 91.9 Å². The molecule has 1 saturated heterocycles. The molecule has 1 fully saturated rings. The summed E-state index contributed by atoms with van der Waals surface area (Å²) in [5, 5.41) is 0. The van der Waals surface area contributed by atoms with Crippen molar-refractivity contribution >= 4 is 0 Å². The highest BCUT2D eigenvalue weighted by Gasteiger charge is 2.10. The van der Waals surface area contributed by atoms with Gasteiger partial charge in [-0.25, -0.2) is 0 Å². The van der Waals surface area contributed by atoms with E-state index in [4.69, 9.17) is 0 Å². The van der Waals surface area contributed by atoms with Crippen molar-refractivity contribution in [3.8, 4) is 0 Å². The SMILES string of the molecule is CC.CC.CC(C)CCN1CCCC1. The number of hydrogen-bond acceptors (Lipinski definition) is 1. The molecule has 88 valence electrons. The number of likely N-dealkylation sites (tertiary alicyclic amines) is 1. The quantitative estimate of drug-likeness (QED) is 0.662. The van der Waals surface area contributed by atoms with E-state index in [-0.39, 0.29) is 0 Å². The van der Waals surface area contributed by atoms with Crippen LogP contribution in [0.1, 0.15) is 60.8 Å². The van der Waals surface area contributed by atoms with Gasteiger partial charge >= 0.3 is 0 Å². The Balaban J connectivity index is 0. The van der Waals surface area contributed by atoms with E-state index in [1.165, 1.54) is 38.9 Å². The molecule has 1 aliphatic heterocycles. The van der Waals surface area contributed by atoms with Crippen LogP contribution in [0.25, 0.3) is 0 Å². The standard InChI is InChI=1S/C9H19N.2C2H6/c1-9(2)5-8-10-6-3-4-7-10;2*1-2/h9H,3-8H2,1-2H3;2*1-2H3. The Bertz CT molecular complexity index is 83.2. The molecule has 0 saturated carbocycles. The minimum atomic E-state index is 0.876. The van der Waals surface area contributed by atoms with Gasteiger partial charge in [0.15, 0.2) is 0 Å². The average molecular weight is 201 g/mol. The van der Waals surface area contributed by atoms with Gasteiger partial charge in [-0.3, -0.25) is 0 Å². The maximum Gasteiger partial charge on any atom is -0.00163 e. The molecule has 0 unspecified atom stereocenters. The Hall–Kier alpha value is -0.0400. The molecular weight excluding hydrogens is 170 g/mol. The fourth-order valence-corrected chi connectivity index (χ4v) is 1.45. The van der Waals surface area contributed by atoms with Gasteiger partial charge in [0.05, 0.1) is 0 Å². The van der Waals surface area contributed by atoms with Gasteiger partial charge in [0.1, 0.15) is 0 Å². The van der Waals surface area contributed by atoms with Crippen LogP contribution in [0.5, 0.6) is 0 Å². The molecule has 0 amide bonds. The molecule has 14 heavy (non-hydrogen) atoms. The molecule has 1 heteroatoms. The predicted molar refractivity (Wildman–Crippen MR) is 67.8 cm³/mol. The van der Waals surface area contributed by atoms with Crippen LogP contribution < -0.4 is 0 Å². The van der Waals surface area contributed by atoms with Gasteiger partial charge in [-0.2, -0.15) is 0 Å². The van der Waals surface area contributed by atoms with E-state index in [2.05, 4.69) is 18.7 Å². The minimum absolute atomic E-state index is 0.876. The van der Waals surface area contributed by atoms with Crippen molar-refractivity contribution in [2.24, 2.45) is 5.92 Å². The number of rotatable bonds is 3. The number of hydrogen-bond donors (Lipinski definition) is 0. The van der Waals surface area contributed by atoms with Crippen LogP contribution in [0.3, 0.4) is 0 Å². The zero-order valence-electron chi connectivity index (χ0n) is 11.3. The molecular formula is C13H31N. The molecule has 0 aromatic carbocycles. The van der Waals surface area contributed by atoms with Crippen molar-refractivity contribution < 1.29 is 0 Å². The monoisotopic (exact) mass is 201 g/mol. The molecule has 0 bridgehead atoms. The van der Waals surface area contributed by atoms with E-state index >= 15 is 0 Å². The lowest BCUT2D eigenvalue weighted by atomic mass is 10.1. The Morgan fingerprint density at radius 1 is 0.929 bits per heavy atom. The van der Waals surface area contributed by atoms with E-state index in [0.29, 0.717) is 0 Å². The van der Waals surface area contributed by atoms with E-state index in [1.54, 1.807) is 0 Å². The third kappa shape index (κ3) is 10.0. The van der Waals surface area contributed by atoms with Crippen LogP contribution in [0.4, 0.5) is 0 Å². The summed E-state index contributed by atoms with van der Waals surface area (Å²) >= 11 is 0. The van der Waals surface area contributed by atoms with Crippen LogP contribution in [-0.4, -0.2) is 24.5 Å². The second-order valence-corrected chi connectivity index (χ2v) is 3.73. The van der Waals surface area contributed by atoms with Crippen molar-refractivity contribution in [1.29, 1.82) is 0 Å². The lowest BCUT2D eigenvalue weighted by Crippen LogP contribution is -2.21. The van der Waals surface area contributed by atoms with Crippen LogP contribution in [0.2, 0.25) is 0 Å². The molecule has 0 N–H and O–H groups in total. The highest BCUT2D eigenvalue weighted by Crippen LogP contribution is 2.09. The first-order valence-corrected chi connectivity index (χ1v) is 6.51. The van der Waals surface area contributed by atoms with Crippen molar-refractivity contribution in [3.63, 3.8) is 0 Å². The molecule has 0 aliphatic carbocycles. The normalized spacial score (nSPS) is 15.6. The fourth-order valence-electron chi connectivity index (χ4n) is 1.45. The van der Waals surface area contributed by atoms with Crippen molar-refractivity contribution in [2.75, 3.05) is 19.6 Å². The van der Waals surface area contributed by atoms with Crippen LogP contribution in [-0.2, 0) is 0 Å². The molecule has 0 radical (unpaired) electrons. The Morgan fingerprint density at radius 2 is 1.36 bits per heavy atom. The molecule has 0 aromatic heterocycles. The lowest BCUT2D eigenvalue weighted by molar-refractivity contribution is 0.314. The van der Waals surface area contributed by atoms with Gasteiger partial charge in [-0.15, -0.1) is 0 Å². The van der Waals surface area contributed by atoms with Crippen LogP contribution >= 0.6 is 0 Å². The summed E-state index contributed by atoms with van der Waals surface area (Å²) in [6.07, 6.45) is 4.23. The van der Waals surface area contributed by atoms with Crippen molar-refractivity contribution in [1.82, 2.24) is 4.90 Å². The molecule has 1 aliphatic rings. The van der Waals surface area contributed by atoms with E-state index in [9.17, 15) is 0 Å². The van der Waals surface area contributed by atoms with E-state index in [0.717, 1.165) is 5.92 Å². The van der Waals surface area contributed by atoms with Crippen molar-refractivity contribution in [2.45, 2.75) is 60.8 Å². The first kappa shape index (κ1) is 16.4. The maximum atomic E-state index is 2.58. The molecule has 1 rings (SSSR count). The summed E-state index contributed by atoms with van der Waals surface area (Å²) in [6, 6.07) is 0. The van der Waals surface area contributed by atoms with Gasteiger partial charge in [0, 0.05) is 0 Å². The van der Waals surface area contributed by atoms with Gasteiger partial charge in [0.25, 0.3) is 0 Å². The summed E-state index contributed by atoms with van der Waals surface area (Å²) in [7, 11) is 0. The Morgan fingerprint density at radius 3 is 1.71 bits per heavy atom. The topological polar surface area (TPSA) is 3.24 Å². The van der Waals surface area contributed by atoms with E-state index < -0.39 is 0 Å². The number of nitrogens with zero attached hydrogens (tertiary/aromatic N) is 1. The largest absolute Gasteiger partial charge is 0.303 e. The zero-order chi connectivity index (χ0) is 11.4. The summed E-state index contributed by atoms with van der Waals surface area (Å²) in [4.78, 5) is 2.58. The zero-order valence-corrected chi connectivity index (χ0v) is 11.3. The summed E-state index contributed by atoms with van der Waals surface area (Å²) in [6.45, 7) is 16.6. The third-order valence-corrected chi connectivity index (χ3v) is 2.22. The molecule has 0 atom stereocenters. The van der Waals surface area contributed by atoms with Crippen LogP contribution in [0.15, 0.2) is 0 Å². The summed E-state index contributed by atoms with van der Waals surface area (Å²) < 4.78 is 0. The smallest absolute Gasteiger partial charge is 0.00163 e. The summed E-state index contributed by atoms with van der Waals surface area (Å²) in [5.41, 5.74) is 0. The van der Waals surface area contributed by atoms with Gasteiger partial charge in [-0.05, 0) is 44.8 Å². The fraction of sp³-hybridized carbons (Fsp3) is 1.00. The summed E-state index contributed by atoms with van der Waals surface area (Å²) in [5.74, 6) is 0.876. The van der Waals surface area contributed by atoms with Gasteiger partial charge in [-0.1, -0.05) is 41.5 Å². The van der Waals surface area contributed by atoms with Gasteiger partial charge in [0.2, 0.25) is 0 Å². The first-order valence-electron chi connectivity index (χ1n) is 6.51. The third-order valence-electron chi connectivity index (χ3n) is 2.22. The van der Waals surface area contributed by atoms with E-state index in [1.807, 2.05) is 27.7 Å². The second kappa shape index (κ2) is 13.0. The minimum Gasteiger partial charge on any atom is -0.303 e. The highest BCUT2D eigenvalue weighted by atomic mass is 15.1. The average Bonchev–Trinajstić information content (AvgIpc) is 2.73. The molecule has 0 aromatic rings. The Kier molecular flexibility index (Phi) is 15.2. The maximum absolute atomic E-state index is 2.58. The predicted octanol–water partition coefficient (Wildman–Crippen LogP) is 4.18. The highest BCUT2D eigenvalue weighted by molar-refractivity contribution is 4.66. The molecule has 1 nitrogen and oxygen atoms in total. The lowest BCUT2D eigenvalue weighted by Gasteiger charge is -2.15.